The summed E-state index contributed by atoms with van der Waals surface area (Å²) in [4.78, 5) is 41.3. The zero-order valence-corrected chi connectivity index (χ0v) is 18.7. The van der Waals surface area contributed by atoms with Crippen LogP contribution in [-0.4, -0.2) is 54.7 Å². The quantitative estimate of drug-likeness (QED) is 0.727. The van der Waals surface area contributed by atoms with Crippen LogP contribution in [0.2, 0.25) is 0 Å². The Morgan fingerprint density at radius 2 is 1.39 bits per heavy atom. The Balaban J connectivity index is 1.61. The summed E-state index contributed by atoms with van der Waals surface area (Å²) in [6.07, 6.45) is 0. The molecule has 1 aliphatic heterocycles. The maximum Gasteiger partial charge on any atom is 0.251 e. The van der Waals surface area contributed by atoms with E-state index < -0.39 is 6.04 Å². The molecule has 164 valence electrons. The lowest BCUT2D eigenvalue weighted by atomic mass is 10.0. The fourth-order valence-corrected chi connectivity index (χ4v) is 3.73. The average Bonchev–Trinajstić information content (AvgIpc) is 2.77. The Hall–Kier alpha value is -3.15. The number of carbonyl (C=O) groups excluding carboxylic acids is 3. The van der Waals surface area contributed by atoms with Gasteiger partial charge < -0.3 is 15.1 Å². The minimum atomic E-state index is -0.560. The molecule has 0 spiro atoms. The number of amides is 2. The van der Waals surface area contributed by atoms with Crippen LogP contribution in [0.3, 0.4) is 0 Å². The van der Waals surface area contributed by atoms with Gasteiger partial charge in [0.15, 0.2) is 5.78 Å². The molecule has 1 N–H and O–H groups in total. The van der Waals surface area contributed by atoms with E-state index >= 15 is 0 Å². The third-order valence-electron chi connectivity index (χ3n) is 5.76. The number of ketones is 1. The number of anilines is 1. The van der Waals surface area contributed by atoms with Crippen molar-refractivity contribution < 1.29 is 14.4 Å². The van der Waals surface area contributed by atoms with Gasteiger partial charge in [0.25, 0.3) is 5.91 Å². The maximum atomic E-state index is 13.2. The Bertz CT molecular complexity index is 927. The van der Waals surface area contributed by atoms with E-state index in [1.165, 1.54) is 0 Å². The molecule has 1 atom stereocenters. The predicted octanol–water partition coefficient (Wildman–Crippen LogP) is 3.30. The summed E-state index contributed by atoms with van der Waals surface area (Å²) in [5.74, 6) is -0.230. The molecule has 6 nitrogen and oxygen atoms in total. The topological polar surface area (TPSA) is 69.7 Å². The molecule has 1 unspecified atom stereocenters. The lowest BCUT2D eigenvalue weighted by molar-refractivity contribution is -0.134. The summed E-state index contributed by atoms with van der Waals surface area (Å²) in [7, 11) is 0. The third kappa shape index (κ3) is 5.51. The molecule has 1 aliphatic rings. The lowest BCUT2D eigenvalue weighted by Crippen LogP contribution is -2.56. The number of hydrogen-bond acceptors (Lipinski definition) is 4. The molecule has 1 heterocycles. The smallest absolute Gasteiger partial charge is 0.251 e. The molecule has 2 aromatic rings. The first-order valence-electron chi connectivity index (χ1n) is 10.8. The molecule has 0 aliphatic carbocycles. The molecule has 6 heteroatoms. The van der Waals surface area contributed by atoms with E-state index in [9.17, 15) is 14.4 Å². The minimum Gasteiger partial charge on any atom is -0.368 e. The van der Waals surface area contributed by atoms with Crippen LogP contribution in [0, 0.1) is 12.8 Å². The summed E-state index contributed by atoms with van der Waals surface area (Å²) < 4.78 is 0. The number of aryl methyl sites for hydroxylation is 1. The van der Waals surface area contributed by atoms with Gasteiger partial charge in [-0.2, -0.15) is 0 Å². The number of nitrogens with one attached hydrogen (secondary N) is 1. The van der Waals surface area contributed by atoms with Gasteiger partial charge in [-0.25, -0.2) is 0 Å². The van der Waals surface area contributed by atoms with E-state index in [0.717, 1.165) is 11.3 Å². The van der Waals surface area contributed by atoms with E-state index in [1.54, 1.807) is 19.1 Å². The molecule has 3 rings (SSSR count). The normalized spacial score (nSPS) is 15.0. The second kappa shape index (κ2) is 9.77. The van der Waals surface area contributed by atoms with Gasteiger partial charge in [0, 0.05) is 43.0 Å². The molecule has 0 aromatic heterocycles. The molecule has 2 amide bonds. The van der Waals surface area contributed by atoms with E-state index in [1.807, 2.05) is 62.1 Å². The van der Waals surface area contributed by atoms with Crippen LogP contribution in [0.15, 0.2) is 48.5 Å². The Morgan fingerprint density at radius 3 is 1.90 bits per heavy atom. The monoisotopic (exact) mass is 421 g/mol. The van der Waals surface area contributed by atoms with Gasteiger partial charge in [-0.1, -0.05) is 31.5 Å². The van der Waals surface area contributed by atoms with Crippen LogP contribution >= 0.6 is 0 Å². The van der Waals surface area contributed by atoms with Crippen molar-refractivity contribution >= 4 is 23.3 Å². The van der Waals surface area contributed by atoms with Gasteiger partial charge in [-0.05, 0) is 56.2 Å². The summed E-state index contributed by atoms with van der Waals surface area (Å²) in [6.45, 7) is 10.0. The van der Waals surface area contributed by atoms with Gasteiger partial charge in [-0.15, -0.1) is 0 Å². The second-order valence-corrected chi connectivity index (χ2v) is 8.48. The molecule has 2 aromatic carbocycles. The van der Waals surface area contributed by atoms with Crippen LogP contribution in [-0.2, 0) is 4.79 Å². The van der Waals surface area contributed by atoms with Crippen LogP contribution in [0.1, 0.15) is 47.1 Å². The van der Waals surface area contributed by atoms with Crippen LogP contribution in [0.25, 0.3) is 0 Å². The van der Waals surface area contributed by atoms with E-state index in [2.05, 4.69) is 10.2 Å². The van der Waals surface area contributed by atoms with Crippen molar-refractivity contribution in [3.8, 4) is 0 Å². The molecule has 1 fully saturated rings. The van der Waals surface area contributed by atoms with Crippen molar-refractivity contribution in [2.24, 2.45) is 5.92 Å². The number of rotatable bonds is 6. The van der Waals surface area contributed by atoms with Crippen molar-refractivity contribution in [2.45, 2.75) is 33.7 Å². The fraction of sp³-hybridized carbons (Fsp3) is 0.400. The Morgan fingerprint density at radius 1 is 0.839 bits per heavy atom. The molecular weight excluding hydrogens is 390 g/mol. The van der Waals surface area contributed by atoms with Gasteiger partial charge in [0.2, 0.25) is 5.91 Å². The fourth-order valence-electron chi connectivity index (χ4n) is 3.73. The summed E-state index contributed by atoms with van der Waals surface area (Å²) in [5, 5.41) is 2.93. The van der Waals surface area contributed by atoms with Crippen molar-refractivity contribution in [3.05, 3.63) is 65.2 Å². The van der Waals surface area contributed by atoms with Gasteiger partial charge in [-0.3, -0.25) is 14.4 Å². The SMILES string of the molecule is CC(=O)c1ccc(N2CCN(C(=O)C(NC(=O)c3ccc(C)cc3)C(C)C)CC2)cc1. The Kier molecular flexibility index (Phi) is 7.10. The third-order valence-corrected chi connectivity index (χ3v) is 5.76. The highest BCUT2D eigenvalue weighted by molar-refractivity contribution is 5.97. The summed E-state index contributed by atoms with van der Waals surface area (Å²) >= 11 is 0. The van der Waals surface area contributed by atoms with Crippen molar-refractivity contribution in [2.75, 3.05) is 31.1 Å². The standard InChI is InChI=1S/C25H31N3O3/c1-17(2)23(26-24(30)21-7-5-18(3)6-8-21)25(31)28-15-13-27(14-16-28)22-11-9-20(10-12-22)19(4)29/h5-12,17,23H,13-16H2,1-4H3,(H,26,30). The predicted molar refractivity (Wildman–Crippen MR) is 123 cm³/mol. The highest BCUT2D eigenvalue weighted by Crippen LogP contribution is 2.19. The van der Waals surface area contributed by atoms with E-state index in [-0.39, 0.29) is 23.5 Å². The number of nitrogens with zero attached hydrogens (tertiary/aromatic N) is 2. The Labute approximate surface area is 184 Å². The molecule has 1 saturated heterocycles. The van der Waals surface area contributed by atoms with E-state index in [4.69, 9.17) is 0 Å². The first kappa shape index (κ1) is 22.5. The van der Waals surface area contributed by atoms with Crippen LogP contribution < -0.4 is 10.2 Å². The van der Waals surface area contributed by atoms with Gasteiger partial charge in [0.1, 0.15) is 6.04 Å². The van der Waals surface area contributed by atoms with E-state index in [0.29, 0.717) is 37.3 Å². The van der Waals surface area contributed by atoms with Crippen molar-refractivity contribution in [3.63, 3.8) is 0 Å². The number of carbonyl (C=O) groups is 3. The molecule has 0 bridgehead atoms. The molecule has 0 saturated carbocycles. The highest BCUT2D eigenvalue weighted by atomic mass is 16.2. The first-order chi connectivity index (χ1) is 14.8. The number of benzene rings is 2. The zero-order chi connectivity index (χ0) is 22.5. The van der Waals surface area contributed by atoms with Crippen LogP contribution in [0.4, 0.5) is 5.69 Å². The first-order valence-corrected chi connectivity index (χ1v) is 10.8. The van der Waals surface area contributed by atoms with Gasteiger partial charge in [0.05, 0.1) is 0 Å². The van der Waals surface area contributed by atoms with Crippen molar-refractivity contribution in [1.82, 2.24) is 10.2 Å². The number of Topliss-reactive ketones (excluding diaryl/α,β-unsaturated/α-hetero) is 1. The maximum absolute atomic E-state index is 13.2. The second-order valence-electron chi connectivity index (χ2n) is 8.48. The van der Waals surface area contributed by atoms with Gasteiger partial charge >= 0.3 is 0 Å². The highest BCUT2D eigenvalue weighted by Gasteiger charge is 2.31. The molecule has 0 radical (unpaired) electrons. The summed E-state index contributed by atoms with van der Waals surface area (Å²) in [6, 6.07) is 14.4. The number of piperazine rings is 1. The molecule has 31 heavy (non-hydrogen) atoms. The number of hydrogen-bond donors (Lipinski definition) is 1. The van der Waals surface area contributed by atoms with Crippen LogP contribution in [0.5, 0.6) is 0 Å². The largest absolute Gasteiger partial charge is 0.368 e. The average molecular weight is 422 g/mol. The zero-order valence-electron chi connectivity index (χ0n) is 18.7. The minimum absolute atomic E-state index is 0.0148. The van der Waals surface area contributed by atoms with Crippen molar-refractivity contribution in [1.29, 1.82) is 0 Å². The lowest BCUT2D eigenvalue weighted by Gasteiger charge is -2.38. The summed E-state index contributed by atoms with van der Waals surface area (Å²) in [5.41, 5.74) is 3.39. The molecular formula is C25H31N3O3.